The molecule has 0 radical (unpaired) electrons. The van der Waals surface area contributed by atoms with Crippen molar-refractivity contribution >= 4 is 16.7 Å². The third-order valence-electron chi connectivity index (χ3n) is 1.70. The van der Waals surface area contributed by atoms with E-state index >= 15 is 0 Å². The molecule has 0 aliphatic carbocycles. The van der Waals surface area contributed by atoms with E-state index in [1.807, 2.05) is 0 Å². The number of amides is 1. The second-order valence-corrected chi connectivity index (χ2v) is 4.44. The summed E-state index contributed by atoms with van der Waals surface area (Å²) in [6, 6.07) is 0. The van der Waals surface area contributed by atoms with Crippen LogP contribution in [-0.2, 0) is 20.3 Å². The maximum Gasteiger partial charge on any atom is 0.250 e. The quantitative estimate of drug-likeness (QED) is 0.533. The third-order valence-corrected chi connectivity index (χ3v) is 2.56. The number of carbonyl (C=O) groups excluding carboxylic acids is 1. The molecule has 0 saturated heterocycles. The Labute approximate surface area is 86.8 Å². The van der Waals surface area contributed by atoms with E-state index in [2.05, 4.69) is 5.32 Å². The van der Waals surface area contributed by atoms with Crippen LogP contribution < -0.4 is 11.1 Å². The number of hydrogen-bond donors (Lipinski definition) is 2. The highest BCUT2D eigenvalue weighted by molar-refractivity contribution is 7.84. The molecule has 0 aromatic heterocycles. The molecule has 0 aliphatic heterocycles. The molecule has 14 heavy (non-hydrogen) atoms. The molecule has 0 heterocycles. The molecule has 2 atom stereocenters. The summed E-state index contributed by atoms with van der Waals surface area (Å²) in [5, 5.41) is 2.66. The van der Waals surface area contributed by atoms with Gasteiger partial charge in [0, 0.05) is 43.0 Å². The summed E-state index contributed by atoms with van der Waals surface area (Å²) in [5.41, 5.74) is 5.30. The minimum Gasteiger partial charge on any atom is -0.370 e. The van der Waals surface area contributed by atoms with Gasteiger partial charge in [-0.1, -0.05) is 0 Å². The van der Waals surface area contributed by atoms with E-state index < -0.39 is 16.9 Å². The molecule has 0 saturated carbocycles. The van der Waals surface area contributed by atoms with Crippen LogP contribution >= 0.6 is 0 Å². The fraction of sp³-hybridized carbons (Fsp3) is 0.875. The van der Waals surface area contributed by atoms with E-state index in [1.165, 1.54) is 7.11 Å². The molecule has 0 aromatic carbocycles. The Morgan fingerprint density at radius 3 is 2.71 bits per heavy atom. The topological polar surface area (TPSA) is 81.4 Å². The van der Waals surface area contributed by atoms with Crippen molar-refractivity contribution in [3.8, 4) is 0 Å². The summed E-state index contributed by atoms with van der Waals surface area (Å²) >= 11 is 0. The maximum absolute atomic E-state index is 11.3. The zero-order chi connectivity index (χ0) is 11.0. The Hall–Kier alpha value is -0.460. The summed E-state index contributed by atoms with van der Waals surface area (Å²) in [7, 11) is 0.641. The Balaban J connectivity index is 3.57. The van der Waals surface area contributed by atoms with Crippen molar-refractivity contribution < 1.29 is 13.7 Å². The van der Waals surface area contributed by atoms with E-state index in [0.717, 1.165) is 0 Å². The minimum absolute atomic E-state index is 0.169. The molecule has 0 bridgehead atoms. The first-order valence-electron chi connectivity index (χ1n) is 4.42. The van der Waals surface area contributed by atoms with Crippen LogP contribution in [0.15, 0.2) is 0 Å². The van der Waals surface area contributed by atoms with Gasteiger partial charge in [0.1, 0.15) is 6.10 Å². The van der Waals surface area contributed by atoms with Crippen LogP contribution in [0.1, 0.15) is 6.42 Å². The smallest absolute Gasteiger partial charge is 0.250 e. The van der Waals surface area contributed by atoms with E-state index in [1.54, 1.807) is 6.26 Å². The Kier molecular flexibility index (Phi) is 7.64. The van der Waals surface area contributed by atoms with Crippen LogP contribution in [0.3, 0.4) is 0 Å². The fourth-order valence-electron chi connectivity index (χ4n) is 0.911. The van der Waals surface area contributed by atoms with Gasteiger partial charge in [-0.15, -0.1) is 0 Å². The van der Waals surface area contributed by atoms with Crippen LogP contribution in [0.4, 0.5) is 0 Å². The number of methoxy groups -OCH3 is 1. The van der Waals surface area contributed by atoms with Gasteiger partial charge in [-0.05, 0) is 6.42 Å². The molecule has 84 valence electrons. The Morgan fingerprint density at radius 1 is 1.64 bits per heavy atom. The van der Waals surface area contributed by atoms with E-state index in [-0.39, 0.29) is 12.5 Å². The lowest BCUT2D eigenvalue weighted by molar-refractivity contribution is -0.130. The van der Waals surface area contributed by atoms with Crippen molar-refractivity contribution in [2.75, 3.05) is 32.2 Å². The van der Waals surface area contributed by atoms with Gasteiger partial charge >= 0.3 is 0 Å². The maximum atomic E-state index is 11.3. The molecule has 0 spiro atoms. The zero-order valence-corrected chi connectivity index (χ0v) is 9.43. The molecule has 6 heteroatoms. The number of rotatable bonds is 7. The predicted octanol–water partition coefficient (Wildman–Crippen LogP) is -1.16. The Bertz CT molecular complexity index is 195. The van der Waals surface area contributed by atoms with Crippen molar-refractivity contribution in [2.24, 2.45) is 5.73 Å². The normalized spacial score (nSPS) is 14.8. The van der Waals surface area contributed by atoms with Gasteiger partial charge in [0.15, 0.2) is 0 Å². The molecule has 0 aromatic rings. The van der Waals surface area contributed by atoms with Crippen LogP contribution in [0.2, 0.25) is 0 Å². The van der Waals surface area contributed by atoms with Gasteiger partial charge in [-0.25, -0.2) is 0 Å². The molecule has 3 N–H and O–H groups in total. The van der Waals surface area contributed by atoms with E-state index in [9.17, 15) is 9.00 Å². The standard InChI is InChI=1S/C8H18N2O3S/c1-13-7(6-9)8(11)10-4-3-5-14(2)12/h7H,3-6,9H2,1-2H3,(H,10,11). The van der Waals surface area contributed by atoms with E-state index in [4.69, 9.17) is 10.5 Å². The lowest BCUT2D eigenvalue weighted by Gasteiger charge is -2.12. The monoisotopic (exact) mass is 222 g/mol. The number of nitrogens with two attached hydrogens (primary N) is 1. The summed E-state index contributed by atoms with van der Waals surface area (Å²) in [5.74, 6) is 0.387. The number of carbonyl (C=O) groups is 1. The average molecular weight is 222 g/mol. The van der Waals surface area contributed by atoms with E-state index in [0.29, 0.717) is 18.7 Å². The molecule has 2 unspecified atom stereocenters. The number of ether oxygens (including phenoxy) is 1. The predicted molar refractivity (Wildman–Crippen MR) is 56.4 cm³/mol. The second kappa shape index (κ2) is 7.90. The van der Waals surface area contributed by atoms with Gasteiger partial charge in [0.25, 0.3) is 0 Å². The van der Waals surface area contributed by atoms with Crippen molar-refractivity contribution in [1.29, 1.82) is 0 Å². The summed E-state index contributed by atoms with van der Waals surface area (Å²) < 4.78 is 15.5. The molecule has 1 amide bonds. The highest BCUT2D eigenvalue weighted by Gasteiger charge is 2.14. The Morgan fingerprint density at radius 2 is 2.29 bits per heavy atom. The zero-order valence-electron chi connectivity index (χ0n) is 8.62. The van der Waals surface area contributed by atoms with Gasteiger partial charge in [-0.2, -0.15) is 0 Å². The fourth-order valence-corrected chi connectivity index (χ4v) is 1.46. The van der Waals surface area contributed by atoms with Crippen molar-refractivity contribution in [3.05, 3.63) is 0 Å². The molecule has 0 aliphatic rings. The lowest BCUT2D eigenvalue weighted by atomic mass is 10.3. The van der Waals surface area contributed by atoms with Crippen molar-refractivity contribution in [3.63, 3.8) is 0 Å². The van der Waals surface area contributed by atoms with Gasteiger partial charge in [-0.3, -0.25) is 9.00 Å². The van der Waals surface area contributed by atoms with Crippen LogP contribution in [-0.4, -0.2) is 48.4 Å². The minimum atomic E-state index is -0.802. The highest BCUT2D eigenvalue weighted by Crippen LogP contribution is 1.88. The average Bonchev–Trinajstić information content (AvgIpc) is 2.14. The number of nitrogens with one attached hydrogen (secondary N) is 1. The van der Waals surface area contributed by atoms with Crippen LogP contribution in [0.25, 0.3) is 0 Å². The van der Waals surface area contributed by atoms with Gasteiger partial charge in [0.05, 0.1) is 0 Å². The lowest BCUT2D eigenvalue weighted by Crippen LogP contribution is -2.41. The molecule has 5 nitrogen and oxygen atoms in total. The molecule has 0 fully saturated rings. The summed E-state index contributed by atoms with van der Waals surface area (Å²) in [6.45, 7) is 0.681. The summed E-state index contributed by atoms with van der Waals surface area (Å²) in [6.07, 6.45) is 1.76. The van der Waals surface area contributed by atoms with Crippen molar-refractivity contribution in [1.82, 2.24) is 5.32 Å². The first-order valence-corrected chi connectivity index (χ1v) is 6.15. The third kappa shape index (κ3) is 6.06. The molecular formula is C8H18N2O3S. The second-order valence-electron chi connectivity index (χ2n) is 2.88. The SMILES string of the molecule is COC(CN)C(=O)NCCCS(C)=O. The first kappa shape index (κ1) is 13.5. The van der Waals surface area contributed by atoms with Crippen LogP contribution in [0.5, 0.6) is 0 Å². The first-order chi connectivity index (χ1) is 6.61. The molecule has 0 rings (SSSR count). The summed E-state index contributed by atoms with van der Waals surface area (Å²) in [4.78, 5) is 11.3. The highest BCUT2D eigenvalue weighted by atomic mass is 32.2. The number of hydrogen-bond acceptors (Lipinski definition) is 4. The van der Waals surface area contributed by atoms with Gasteiger partial charge in [0.2, 0.25) is 5.91 Å². The van der Waals surface area contributed by atoms with Crippen LogP contribution in [0, 0.1) is 0 Å². The van der Waals surface area contributed by atoms with Gasteiger partial charge < -0.3 is 15.8 Å². The van der Waals surface area contributed by atoms with Crippen molar-refractivity contribution in [2.45, 2.75) is 12.5 Å². The largest absolute Gasteiger partial charge is 0.370 e. The molecular weight excluding hydrogens is 204 g/mol.